The van der Waals surface area contributed by atoms with Crippen LogP contribution >= 0.6 is 0 Å². The van der Waals surface area contributed by atoms with Gasteiger partial charge in [-0.3, -0.25) is 14.2 Å². The lowest BCUT2D eigenvalue weighted by atomic mass is 10.1. The standard InChI is InChI=1S/C26H23F4N5O3/c1-15(36)31-11-12-35-24-21(33-23(25(35)37)17-4-6-18(38-2)7-5-17)9-10-22(34-24)32-14-16-3-8-20(27)19(13-16)26(28,29)30/h3-10,13H,11-12,14H2,1-2H3,(H,31,36)(H,32,34). The average Bonchev–Trinajstić information content (AvgIpc) is 2.88. The number of pyridine rings is 1. The maximum Gasteiger partial charge on any atom is 0.419 e. The van der Waals surface area contributed by atoms with Gasteiger partial charge in [-0.1, -0.05) is 6.07 Å². The molecule has 4 aromatic rings. The molecule has 38 heavy (non-hydrogen) atoms. The molecule has 2 aromatic carbocycles. The molecule has 1 amide bonds. The number of benzene rings is 2. The van der Waals surface area contributed by atoms with E-state index in [1.165, 1.54) is 24.7 Å². The molecule has 0 bridgehead atoms. The molecule has 0 aliphatic heterocycles. The number of carbonyl (C=O) groups excluding carboxylic acids is 1. The number of methoxy groups -OCH3 is 1. The van der Waals surface area contributed by atoms with Crippen molar-refractivity contribution in [3.05, 3.63) is 81.9 Å². The molecule has 198 valence electrons. The number of anilines is 1. The Morgan fingerprint density at radius 1 is 1.05 bits per heavy atom. The molecule has 0 atom stereocenters. The highest BCUT2D eigenvalue weighted by Gasteiger charge is 2.34. The fourth-order valence-corrected chi connectivity index (χ4v) is 3.80. The summed E-state index contributed by atoms with van der Waals surface area (Å²) in [4.78, 5) is 33.7. The van der Waals surface area contributed by atoms with Gasteiger partial charge in [0.05, 0.1) is 12.7 Å². The zero-order valence-electron chi connectivity index (χ0n) is 20.4. The van der Waals surface area contributed by atoms with Gasteiger partial charge in [-0.2, -0.15) is 13.2 Å². The molecule has 0 saturated carbocycles. The molecule has 0 aliphatic carbocycles. The van der Waals surface area contributed by atoms with Crippen LogP contribution in [0.1, 0.15) is 18.1 Å². The first-order valence-electron chi connectivity index (χ1n) is 11.5. The van der Waals surface area contributed by atoms with E-state index in [0.29, 0.717) is 16.8 Å². The van der Waals surface area contributed by atoms with Crippen LogP contribution in [0.5, 0.6) is 5.75 Å². The van der Waals surface area contributed by atoms with E-state index in [2.05, 4.69) is 20.6 Å². The van der Waals surface area contributed by atoms with Crippen LogP contribution in [0.3, 0.4) is 0 Å². The summed E-state index contributed by atoms with van der Waals surface area (Å²) >= 11 is 0. The van der Waals surface area contributed by atoms with Gasteiger partial charge in [0.2, 0.25) is 5.91 Å². The zero-order chi connectivity index (χ0) is 27.4. The van der Waals surface area contributed by atoms with Crippen molar-refractivity contribution in [2.45, 2.75) is 26.2 Å². The first-order valence-corrected chi connectivity index (χ1v) is 11.5. The summed E-state index contributed by atoms with van der Waals surface area (Å²) in [5.74, 6) is -0.741. The Hall–Kier alpha value is -4.48. The van der Waals surface area contributed by atoms with Crippen LogP contribution in [-0.2, 0) is 24.1 Å². The van der Waals surface area contributed by atoms with E-state index in [4.69, 9.17) is 4.74 Å². The fourth-order valence-electron chi connectivity index (χ4n) is 3.80. The molecule has 8 nitrogen and oxygen atoms in total. The van der Waals surface area contributed by atoms with Crippen LogP contribution in [0.25, 0.3) is 22.4 Å². The Morgan fingerprint density at radius 3 is 2.45 bits per heavy atom. The number of halogens is 4. The Balaban J connectivity index is 1.70. The molecule has 4 rings (SSSR count). The molecular weight excluding hydrogens is 506 g/mol. The van der Waals surface area contributed by atoms with E-state index in [9.17, 15) is 27.2 Å². The van der Waals surface area contributed by atoms with Crippen molar-refractivity contribution >= 4 is 22.9 Å². The van der Waals surface area contributed by atoms with Gasteiger partial charge in [0, 0.05) is 32.1 Å². The van der Waals surface area contributed by atoms with Gasteiger partial charge >= 0.3 is 6.18 Å². The lowest BCUT2D eigenvalue weighted by molar-refractivity contribution is -0.140. The molecule has 12 heteroatoms. The number of alkyl halides is 3. The molecular formula is C26H23F4N5O3. The number of fused-ring (bicyclic) bond motifs is 1. The van der Waals surface area contributed by atoms with Crippen molar-refractivity contribution in [3.8, 4) is 17.0 Å². The lowest BCUT2D eigenvalue weighted by Gasteiger charge is -2.14. The minimum Gasteiger partial charge on any atom is -0.497 e. The largest absolute Gasteiger partial charge is 0.497 e. The van der Waals surface area contributed by atoms with E-state index >= 15 is 0 Å². The van der Waals surface area contributed by atoms with E-state index in [0.717, 1.165) is 12.1 Å². The smallest absolute Gasteiger partial charge is 0.419 e. The van der Waals surface area contributed by atoms with E-state index in [-0.39, 0.29) is 48.3 Å². The third-order valence-corrected chi connectivity index (χ3v) is 5.67. The second-order valence-electron chi connectivity index (χ2n) is 8.33. The normalized spacial score (nSPS) is 11.4. The van der Waals surface area contributed by atoms with Crippen molar-refractivity contribution in [1.82, 2.24) is 19.9 Å². The van der Waals surface area contributed by atoms with Gasteiger partial charge < -0.3 is 15.4 Å². The van der Waals surface area contributed by atoms with Gasteiger partial charge in [-0.25, -0.2) is 14.4 Å². The lowest BCUT2D eigenvalue weighted by Crippen LogP contribution is -2.31. The summed E-state index contributed by atoms with van der Waals surface area (Å²) in [6.45, 7) is 1.54. The number of nitrogens with zero attached hydrogens (tertiary/aromatic N) is 3. The number of carbonyl (C=O) groups is 1. The molecule has 2 heterocycles. The summed E-state index contributed by atoms with van der Waals surface area (Å²) in [7, 11) is 1.53. The number of amides is 1. The molecule has 0 saturated heterocycles. The van der Waals surface area contributed by atoms with Crippen molar-refractivity contribution < 1.29 is 27.1 Å². The number of nitrogens with one attached hydrogen (secondary N) is 2. The Kier molecular flexibility index (Phi) is 7.60. The van der Waals surface area contributed by atoms with Crippen LogP contribution in [-0.4, -0.2) is 34.1 Å². The van der Waals surface area contributed by atoms with Crippen LogP contribution in [0.2, 0.25) is 0 Å². The minimum absolute atomic E-state index is 0.0741. The zero-order valence-corrected chi connectivity index (χ0v) is 20.4. The predicted octanol–water partition coefficient (Wildman–Crippen LogP) is 4.37. The second kappa shape index (κ2) is 10.9. The van der Waals surface area contributed by atoms with Gasteiger partial charge in [0.25, 0.3) is 5.56 Å². The van der Waals surface area contributed by atoms with Gasteiger partial charge in [-0.05, 0) is 54.1 Å². The maximum absolute atomic E-state index is 13.6. The van der Waals surface area contributed by atoms with Gasteiger partial charge in [-0.15, -0.1) is 0 Å². The minimum atomic E-state index is -4.82. The van der Waals surface area contributed by atoms with Crippen LogP contribution < -0.4 is 20.9 Å². The van der Waals surface area contributed by atoms with E-state index < -0.39 is 23.1 Å². The molecule has 0 spiro atoms. The first-order chi connectivity index (χ1) is 18.1. The van der Waals surface area contributed by atoms with Crippen molar-refractivity contribution in [2.24, 2.45) is 0 Å². The topological polar surface area (TPSA) is 98.1 Å². The second-order valence-corrected chi connectivity index (χ2v) is 8.33. The highest BCUT2D eigenvalue weighted by Crippen LogP contribution is 2.32. The number of hydrogen-bond acceptors (Lipinski definition) is 6. The third-order valence-electron chi connectivity index (χ3n) is 5.67. The van der Waals surface area contributed by atoms with Crippen molar-refractivity contribution in [3.63, 3.8) is 0 Å². The first kappa shape index (κ1) is 26.6. The highest BCUT2D eigenvalue weighted by molar-refractivity contribution is 5.76. The summed E-state index contributed by atoms with van der Waals surface area (Å²) in [6, 6.07) is 12.7. The fraction of sp³-hybridized carbons (Fsp3) is 0.231. The summed E-state index contributed by atoms with van der Waals surface area (Å²) < 4.78 is 59.3. The molecule has 2 aromatic heterocycles. The molecule has 0 unspecified atom stereocenters. The summed E-state index contributed by atoms with van der Waals surface area (Å²) in [5.41, 5.74) is -0.253. The number of ether oxygens (including phenoxy) is 1. The Labute approximate surface area is 214 Å². The van der Waals surface area contributed by atoms with Gasteiger partial charge in [0.15, 0.2) is 5.65 Å². The van der Waals surface area contributed by atoms with E-state index in [1.54, 1.807) is 36.4 Å². The quantitative estimate of drug-likeness (QED) is 0.329. The van der Waals surface area contributed by atoms with Crippen LogP contribution in [0.15, 0.2) is 59.4 Å². The molecule has 0 fully saturated rings. The Morgan fingerprint density at radius 2 is 1.79 bits per heavy atom. The summed E-state index contributed by atoms with van der Waals surface area (Å²) in [5, 5.41) is 5.55. The highest BCUT2D eigenvalue weighted by atomic mass is 19.4. The number of rotatable bonds is 8. The van der Waals surface area contributed by atoms with Crippen molar-refractivity contribution in [2.75, 3.05) is 19.0 Å². The van der Waals surface area contributed by atoms with E-state index in [1.807, 2.05) is 0 Å². The predicted molar refractivity (Wildman–Crippen MR) is 133 cm³/mol. The Bertz CT molecular complexity index is 1540. The maximum atomic E-state index is 13.6. The monoisotopic (exact) mass is 529 g/mol. The number of aromatic nitrogens is 3. The van der Waals surface area contributed by atoms with Crippen LogP contribution in [0, 0.1) is 5.82 Å². The molecule has 0 radical (unpaired) electrons. The third kappa shape index (κ3) is 5.90. The SMILES string of the molecule is COc1ccc(-c2nc3ccc(NCc4ccc(F)c(C(F)(F)F)c4)nc3n(CCNC(C)=O)c2=O)cc1. The average molecular weight is 529 g/mol. The molecule has 2 N–H and O–H groups in total. The number of hydrogen-bond donors (Lipinski definition) is 2. The molecule has 0 aliphatic rings. The van der Waals surface area contributed by atoms with Crippen molar-refractivity contribution in [1.29, 1.82) is 0 Å². The summed E-state index contributed by atoms with van der Waals surface area (Å²) in [6.07, 6.45) is -4.82. The van der Waals surface area contributed by atoms with Gasteiger partial charge in [0.1, 0.15) is 28.6 Å². The van der Waals surface area contributed by atoms with Crippen LogP contribution in [0.4, 0.5) is 23.4 Å².